The first kappa shape index (κ1) is 46.3. The molecule has 1 aliphatic rings. The first-order valence-corrected chi connectivity index (χ1v) is 21.7. The van der Waals surface area contributed by atoms with Crippen molar-refractivity contribution in [1.82, 2.24) is 26.3 Å². The van der Waals surface area contributed by atoms with Gasteiger partial charge >= 0.3 is 19.9 Å². The SMILES string of the molecule is C=CCOP(=O)(OCCNC(=O)[C@@H](NC(=O)Cc1c[nH]c2ccccc12)[C@@H](C)CC)OCC(NC(=O)OCC1c2ccccc2-c2ccccc21)C(=O)NCCCOC(C)=O. The van der Waals surface area contributed by atoms with E-state index < -0.39 is 50.4 Å². The van der Waals surface area contributed by atoms with Crippen LogP contribution in [0, 0.1) is 5.92 Å². The lowest BCUT2D eigenvalue weighted by atomic mass is 9.98. The van der Waals surface area contributed by atoms with Gasteiger partial charge in [-0.3, -0.25) is 32.7 Å². The Morgan fingerprint density at radius 3 is 2.20 bits per heavy atom. The Hall–Kier alpha value is -5.80. The van der Waals surface area contributed by atoms with Crippen LogP contribution in [-0.2, 0) is 53.2 Å². The quantitative estimate of drug-likeness (QED) is 0.0250. The highest BCUT2D eigenvalue weighted by Gasteiger charge is 2.33. The molecule has 0 radical (unpaired) electrons. The van der Waals surface area contributed by atoms with Crippen LogP contribution in [0.3, 0.4) is 0 Å². The number of fused-ring (bicyclic) bond motifs is 4. The van der Waals surface area contributed by atoms with Crippen LogP contribution in [0.1, 0.15) is 56.2 Å². The standard InChI is InChI=1S/C44H54N5O11P/c1-5-22-58-61(55,59-24-21-46-43(53)41(29(3)6-2)49-40(51)25-31-26-47-38-19-12-11-14-32(31)38)60-28-39(42(52)45-20-13-23-56-30(4)50)48-44(54)57-27-37-35-17-9-7-15-33(35)34-16-8-10-18-36(34)37/h5,7-12,14-19,26,29,37,39,41,47H,1,6,13,20-25,27-28H2,2-4H3,(H,45,52)(H,46,53)(H,48,54)(H,49,51)/t29-,39?,41-,61?/m0/s1. The predicted molar refractivity (Wildman–Crippen MR) is 228 cm³/mol. The monoisotopic (exact) mass is 859 g/mol. The van der Waals surface area contributed by atoms with Crippen molar-refractivity contribution in [2.45, 2.75) is 58.0 Å². The third kappa shape index (κ3) is 13.1. The van der Waals surface area contributed by atoms with Crippen molar-refractivity contribution in [3.05, 3.63) is 108 Å². The van der Waals surface area contributed by atoms with Gasteiger partial charge in [-0.15, -0.1) is 6.58 Å². The number of para-hydroxylation sites is 1. The van der Waals surface area contributed by atoms with Gasteiger partial charge in [-0.2, -0.15) is 0 Å². The number of aromatic nitrogens is 1. The summed E-state index contributed by atoms with van der Waals surface area (Å²) in [5.41, 5.74) is 5.78. The van der Waals surface area contributed by atoms with Gasteiger partial charge in [0, 0.05) is 43.0 Å². The van der Waals surface area contributed by atoms with Crippen molar-refractivity contribution in [2.75, 3.05) is 46.1 Å². The first-order chi connectivity index (χ1) is 29.4. The molecule has 16 nitrogen and oxygen atoms in total. The number of hydrogen-bond acceptors (Lipinski definition) is 11. The largest absolute Gasteiger partial charge is 0.475 e. The minimum Gasteiger partial charge on any atom is -0.466 e. The molecule has 1 heterocycles. The molecule has 2 unspecified atom stereocenters. The summed E-state index contributed by atoms with van der Waals surface area (Å²) in [6.45, 7) is 7.30. The molecular weight excluding hydrogens is 805 g/mol. The van der Waals surface area contributed by atoms with Gasteiger partial charge < -0.3 is 35.7 Å². The van der Waals surface area contributed by atoms with Crippen LogP contribution in [0.15, 0.2) is 91.6 Å². The van der Waals surface area contributed by atoms with Crippen LogP contribution >= 0.6 is 7.82 Å². The minimum absolute atomic E-state index is 0.0289. The zero-order valence-electron chi connectivity index (χ0n) is 34.6. The van der Waals surface area contributed by atoms with Crippen LogP contribution < -0.4 is 21.3 Å². The summed E-state index contributed by atoms with van der Waals surface area (Å²) in [4.78, 5) is 67.4. The van der Waals surface area contributed by atoms with E-state index in [9.17, 15) is 28.5 Å². The average Bonchev–Trinajstić information content (AvgIpc) is 3.82. The number of aromatic amines is 1. The topological polar surface area (TPSA) is 212 Å². The molecule has 4 aromatic rings. The zero-order chi connectivity index (χ0) is 43.8. The molecule has 1 aromatic heterocycles. The third-order valence-corrected chi connectivity index (χ3v) is 11.5. The fraction of sp³-hybridized carbons (Fsp3) is 0.386. The Morgan fingerprint density at radius 2 is 1.51 bits per heavy atom. The number of ether oxygens (including phenoxy) is 2. The van der Waals surface area contributed by atoms with Crippen molar-refractivity contribution in [2.24, 2.45) is 5.92 Å². The number of rotatable bonds is 24. The summed E-state index contributed by atoms with van der Waals surface area (Å²) in [5.74, 6) is -2.43. The van der Waals surface area contributed by atoms with Crippen LogP contribution in [0.25, 0.3) is 22.0 Å². The number of carbonyl (C=O) groups excluding carboxylic acids is 5. The van der Waals surface area contributed by atoms with E-state index in [4.69, 9.17) is 23.0 Å². The van der Waals surface area contributed by atoms with E-state index >= 15 is 0 Å². The maximum Gasteiger partial charge on any atom is 0.475 e. The number of carbonyl (C=O) groups is 5. The highest BCUT2D eigenvalue weighted by molar-refractivity contribution is 7.48. The van der Waals surface area contributed by atoms with Crippen molar-refractivity contribution in [3.63, 3.8) is 0 Å². The van der Waals surface area contributed by atoms with Gasteiger partial charge in [0.25, 0.3) is 0 Å². The van der Waals surface area contributed by atoms with Gasteiger partial charge in [0.05, 0.1) is 32.8 Å². The predicted octanol–water partition coefficient (Wildman–Crippen LogP) is 5.68. The van der Waals surface area contributed by atoms with Gasteiger partial charge in [0.1, 0.15) is 18.7 Å². The van der Waals surface area contributed by atoms with Gasteiger partial charge in [-0.25, -0.2) is 9.36 Å². The summed E-state index contributed by atoms with van der Waals surface area (Å²) in [6, 6.07) is 21.0. The number of esters is 1. The van der Waals surface area contributed by atoms with Crippen molar-refractivity contribution >= 4 is 48.5 Å². The van der Waals surface area contributed by atoms with Crippen molar-refractivity contribution < 1.29 is 51.6 Å². The van der Waals surface area contributed by atoms with Crippen molar-refractivity contribution in [3.8, 4) is 11.1 Å². The molecule has 0 aliphatic heterocycles. The maximum atomic E-state index is 13.8. The summed E-state index contributed by atoms with van der Waals surface area (Å²) in [5, 5.41) is 11.6. The summed E-state index contributed by atoms with van der Waals surface area (Å²) < 4.78 is 40.8. The molecule has 0 saturated heterocycles. The van der Waals surface area contributed by atoms with E-state index in [1.54, 1.807) is 6.20 Å². The molecule has 4 amide bonds. The Labute approximate surface area is 355 Å². The van der Waals surface area contributed by atoms with E-state index in [0.717, 1.165) is 38.7 Å². The molecule has 4 atom stereocenters. The maximum absolute atomic E-state index is 13.8. The number of alkyl carbamates (subject to hydrolysis) is 1. The Morgan fingerprint density at radius 1 is 0.836 bits per heavy atom. The van der Waals surface area contributed by atoms with E-state index in [-0.39, 0.29) is 70.1 Å². The second-order valence-corrected chi connectivity index (χ2v) is 16.1. The second kappa shape index (κ2) is 22.7. The Balaban J connectivity index is 1.17. The average molecular weight is 860 g/mol. The van der Waals surface area contributed by atoms with Gasteiger partial charge in [-0.05, 0) is 46.2 Å². The molecule has 5 rings (SSSR count). The number of hydrogen-bond donors (Lipinski definition) is 5. The van der Waals surface area contributed by atoms with Crippen LogP contribution in [0.5, 0.6) is 0 Å². The molecule has 0 saturated carbocycles. The molecule has 0 bridgehead atoms. The van der Waals surface area contributed by atoms with Crippen LogP contribution in [0.2, 0.25) is 0 Å². The van der Waals surface area contributed by atoms with Gasteiger partial charge in [0.2, 0.25) is 17.7 Å². The molecule has 1 aliphatic carbocycles. The number of H-pyrrole nitrogens is 1. The summed E-state index contributed by atoms with van der Waals surface area (Å²) >= 11 is 0. The van der Waals surface area contributed by atoms with E-state index in [1.807, 2.05) is 86.6 Å². The number of phosphoric acid groups is 1. The summed E-state index contributed by atoms with van der Waals surface area (Å²) in [6.07, 6.45) is 3.11. The van der Waals surface area contributed by atoms with E-state index in [0.29, 0.717) is 6.42 Å². The third-order valence-electron chi connectivity index (χ3n) is 10.1. The lowest BCUT2D eigenvalue weighted by molar-refractivity contribution is -0.141. The molecule has 17 heteroatoms. The van der Waals surface area contributed by atoms with E-state index in [2.05, 4.69) is 32.8 Å². The Bertz CT molecular complexity index is 2160. The molecular formula is C44H54N5O11P. The fourth-order valence-electron chi connectivity index (χ4n) is 6.83. The molecule has 3 aromatic carbocycles. The number of amides is 4. The normalized spacial score (nSPS) is 14.3. The van der Waals surface area contributed by atoms with Crippen molar-refractivity contribution in [1.29, 1.82) is 0 Å². The van der Waals surface area contributed by atoms with Gasteiger partial charge in [0.15, 0.2) is 0 Å². The lowest BCUT2D eigenvalue weighted by Crippen LogP contribution is -2.51. The number of benzene rings is 3. The molecule has 61 heavy (non-hydrogen) atoms. The molecule has 0 fully saturated rings. The second-order valence-electron chi connectivity index (χ2n) is 14.4. The zero-order valence-corrected chi connectivity index (χ0v) is 35.5. The highest BCUT2D eigenvalue weighted by atomic mass is 31.2. The molecule has 326 valence electrons. The number of nitrogens with one attached hydrogen (secondary N) is 5. The van der Waals surface area contributed by atoms with E-state index in [1.165, 1.54) is 13.0 Å². The summed E-state index contributed by atoms with van der Waals surface area (Å²) in [7, 11) is -4.44. The highest BCUT2D eigenvalue weighted by Crippen LogP contribution is 2.49. The minimum atomic E-state index is -4.44. The first-order valence-electron chi connectivity index (χ1n) is 20.2. The van der Waals surface area contributed by atoms with Crippen LogP contribution in [0.4, 0.5) is 4.79 Å². The Kier molecular flexibility index (Phi) is 17.2. The number of phosphoric ester groups is 1. The molecule has 0 spiro atoms. The lowest BCUT2D eigenvalue weighted by Gasteiger charge is -2.24. The van der Waals surface area contributed by atoms with Crippen LogP contribution in [-0.4, -0.2) is 93.0 Å². The molecule has 5 N–H and O–H groups in total. The fourth-order valence-corrected chi connectivity index (χ4v) is 7.99. The van der Waals surface area contributed by atoms with Gasteiger partial charge in [-0.1, -0.05) is 93.1 Å². The smallest absolute Gasteiger partial charge is 0.466 e.